The number of amides is 1. The van der Waals surface area contributed by atoms with Crippen molar-refractivity contribution in [1.29, 1.82) is 0 Å². The van der Waals surface area contributed by atoms with Crippen molar-refractivity contribution < 1.29 is 19.1 Å². The largest absolute Gasteiger partial charge is 0.354 e. The molecule has 0 aromatic heterocycles. The molecule has 0 atom stereocenters. The molecule has 5 heteroatoms. The van der Waals surface area contributed by atoms with Gasteiger partial charge in [-0.25, -0.2) is 0 Å². The van der Waals surface area contributed by atoms with Gasteiger partial charge in [0.2, 0.25) is 0 Å². The zero-order valence-electron chi connectivity index (χ0n) is 10.8. The van der Waals surface area contributed by atoms with E-state index in [1.807, 2.05) is 0 Å². The highest BCUT2D eigenvalue weighted by Gasteiger charge is 2.18. The summed E-state index contributed by atoms with van der Waals surface area (Å²) >= 11 is 0. The first-order chi connectivity index (χ1) is 8.63. The second-order valence-electron chi connectivity index (χ2n) is 3.79. The summed E-state index contributed by atoms with van der Waals surface area (Å²) in [7, 11) is 4.65. The zero-order chi connectivity index (χ0) is 13.5. The Bertz CT molecular complexity index is 415. The Hall–Kier alpha value is -1.72. The molecule has 0 radical (unpaired) electrons. The smallest absolute Gasteiger partial charge is 0.254 e. The third-order valence-electron chi connectivity index (χ3n) is 2.61. The zero-order valence-corrected chi connectivity index (χ0v) is 10.8. The van der Waals surface area contributed by atoms with Gasteiger partial charge in [-0.1, -0.05) is 18.2 Å². The minimum Gasteiger partial charge on any atom is -0.354 e. The van der Waals surface area contributed by atoms with Crippen LogP contribution in [-0.4, -0.2) is 51.2 Å². The van der Waals surface area contributed by atoms with Crippen molar-refractivity contribution in [2.45, 2.75) is 6.29 Å². The van der Waals surface area contributed by atoms with Gasteiger partial charge in [0.05, 0.1) is 12.1 Å². The fraction of sp³-hybridized carbons (Fsp3) is 0.385. The van der Waals surface area contributed by atoms with E-state index in [1.165, 1.54) is 19.1 Å². The van der Waals surface area contributed by atoms with E-state index in [1.54, 1.807) is 31.3 Å². The van der Waals surface area contributed by atoms with Crippen molar-refractivity contribution in [3.8, 4) is 0 Å². The highest BCUT2D eigenvalue weighted by molar-refractivity contribution is 6.01. The van der Waals surface area contributed by atoms with Gasteiger partial charge in [-0.15, -0.1) is 0 Å². The maximum absolute atomic E-state index is 12.1. The number of methoxy groups -OCH3 is 2. The van der Waals surface area contributed by atoms with E-state index >= 15 is 0 Å². The predicted molar refractivity (Wildman–Crippen MR) is 66.6 cm³/mol. The third kappa shape index (κ3) is 3.38. The molecule has 1 aromatic rings. The van der Waals surface area contributed by atoms with E-state index < -0.39 is 6.29 Å². The molecule has 0 heterocycles. The van der Waals surface area contributed by atoms with E-state index in [2.05, 4.69) is 0 Å². The molecule has 1 rings (SSSR count). The lowest BCUT2D eigenvalue weighted by molar-refractivity contribution is -0.110. The number of aldehydes is 1. The molecule has 1 amide bonds. The minimum atomic E-state index is -0.484. The van der Waals surface area contributed by atoms with Crippen molar-refractivity contribution in [1.82, 2.24) is 4.90 Å². The number of carbonyl (C=O) groups excluding carboxylic acids is 2. The van der Waals surface area contributed by atoms with Crippen molar-refractivity contribution in [2.75, 3.05) is 27.8 Å². The fourth-order valence-electron chi connectivity index (χ4n) is 1.55. The Morgan fingerprint density at radius 2 is 1.94 bits per heavy atom. The molecule has 0 N–H and O–H groups in total. The summed E-state index contributed by atoms with van der Waals surface area (Å²) in [5.74, 6) is -0.239. The van der Waals surface area contributed by atoms with Crippen LogP contribution in [0.5, 0.6) is 0 Å². The van der Waals surface area contributed by atoms with Gasteiger partial charge in [0.15, 0.2) is 12.6 Å². The predicted octanol–water partition coefficient (Wildman–Crippen LogP) is 1.19. The van der Waals surface area contributed by atoms with Crippen molar-refractivity contribution in [3.05, 3.63) is 35.4 Å². The van der Waals surface area contributed by atoms with Crippen LogP contribution in [0.3, 0.4) is 0 Å². The van der Waals surface area contributed by atoms with Gasteiger partial charge in [-0.05, 0) is 6.07 Å². The third-order valence-corrected chi connectivity index (χ3v) is 2.61. The number of ether oxygens (including phenoxy) is 2. The van der Waals surface area contributed by atoms with Gasteiger partial charge in [-0.2, -0.15) is 0 Å². The van der Waals surface area contributed by atoms with E-state index in [0.717, 1.165) is 0 Å². The minimum absolute atomic E-state index is 0.239. The number of carbonyl (C=O) groups is 2. The normalized spacial score (nSPS) is 10.4. The summed E-state index contributed by atoms with van der Waals surface area (Å²) in [4.78, 5) is 24.5. The summed E-state index contributed by atoms with van der Waals surface area (Å²) in [6.45, 7) is 0.291. The van der Waals surface area contributed by atoms with E-state index in [4.69, 9.17) is 9.47 Å². The van der Waals surface area contributed by atoms with Crippen LogP contribution in [0.15, 0.2) is 24.3 Å². The molecule has 18 heavy (non-hydrogen) atoms. The fourth-order valence-corrected chi connectivity index (χ4v) is 1.55. The number of hydrogen-bond acceptors (Lipinski definition) is 4. The maximum atomic E-state index is 12.1. The maximum Gasteiger partial charge on any atom is 0.254 e. The van der Waals surface area contributed by atoms with Gasteiger partial charge >= 0.3 is 0 Å². The molecule has 0 aliphatic rings. The number of hydrogen-bond donors (Lipinski definition) is 0. The van der Waals surface area contributed by atoms with Crippen LogP contribution in [0, 0.1) is 0 Å². The Balaban J connectivity index is 2.83. The van der Waals surface area contributed by atoms with Crippen molar-refractivity contribution in [2.24, 2.45) is 0 Å². The van der Waals surface area contributed by atoms with E-state index in [9.17, 15) is 9.59 Å². The van der Waals surface area contributed by atoms with Crippen LogP contribution in [0.1, 0.15) is 20.7 Å². The monoisotopic (exact) mass is 251 g/mol. The first-order valence-corrected chi connectivity index (χ1v) is 5.49. The van der Waals surface area contributed by atoms with Gasteiger partial charge in [0, 0.05) is 26.8 Å². The van der Waals surface area contributed by atoms with E-state index in [0.29, 0.717) is 24.0 Å². The Kier molecular flexibility index (Phi) is 5.48. The van der Waals surface area contributed by atoms with Crippen LogP contribution in [0.2, 0.25) is 0 Å². The average Bonchev–Trinajstić information content (AvgIpc) is 2.43. The first-order valence-electron chi connectivity index (χ1n) is 5.49. The van der Waals surface area contributed by atoms with E-state index in [-0.39, 0.29) is 5.91 Å². The summed E-state index contributed by atoms with van der Waals surface area (Å²) in [5.41, 5.74) is 0.752. The molecule has 0 aliphatic heterocycles. The molecule has 0 unspecified atom stereocenters. The molecule has 0 saturated heterocycles. The molecule has 0 fully saturated rings. The summed E-state index contributed by atoms with van der Waals surface area (Å²) in [6.07, 6.45) is 0.188. The molecule has 1 aromatic carbocycles. The topological polar surface area (TPSA) is 55.8 Å². The summed E-state index contributed by atoms with van der Waals surface area (Å²) in [6, 6.07) is 6.67. The molecular weight excluding hydrogens is 234 g/mol. The van der Waals surface area contributed by atoms with Crippen LogP contribution in [0.4, 0.5) is 0 Å². The van der Waals surface area contributed by atoms with Crippen molar-refractivity contribution in [3.63, 3.8) is 0 Å². The molecule has 5 nitrogen and oxygen atoms in total. The van der Waals surface area contributed by atoms with Crippen LogP contribution < -0.4 is 0 Å². The molecule has 98 valence electrons. The number of likely N-dealkylation sites (N-methyl/N-ethyl adjacent to an activating group) is 1. The van der Waals surface area contributed by atoms with Gasteiger partial charge in [0.1, 0.15) is 0 Å². The summed E-state index contributed by atoms with van der Waals surface area (Å²) < 4.78 is 10.1. The highest BCUT2D eigenvalue weighted by atomic mass is 16.7. The number of benzene rings is 1. The van der Waals surface area contributed by atoms with Gasteiger partial charge in [0.25, 0.3) is 5.91 Å². The number of rotatable bonds is 6. The lowest BCUT2D eigenvalue weighted by atomic mass is 10.1. The van der Waals surface area contributed by atoms with Crippen molar-refractivity contribution >= 4 is 12.2 Å². The second kappa shape index (κ2) is 6.88. The number of nitrogens with zero attached hydrogens (tertiary/aromatic N) is 1. The standard InChI is InChI=1S/C13H17NO4/c1-14(8-12(17-2)18-3)13(16)11-7-5-4-6-10(11)9-15/h4-7,9,12H,8H2,1-3H3. The molecule has 0 aliphatic carbocycles. The average molecular weight is 251 g/mol. The lowest BCUT2D eigenvalue weighted by Gasteiger charge is -2.22. The van der Waals surface area contributed by atoms with Gasteiger partial charge in [-0.3, -0.25) is 9.59 Å². The quantitative estimate of drug-likeness (QED) is 0.563. The molecule has 0 spiro atoms. The molecular formula is C13H17NO4. The summed E-state index contributed by atoms with van der Waals surface area (Å²) in [5, 5.41) is 0. The second-order valence-corrected chi connectivity index (χ2v) is 3.79. The SMILES string of the molecule is COC(CN(C)C(=O)c1ccccc1C=O)OC. The molecule has 0 bridgehead atoms. The Morgan fingerprint density at radius 3 is 2.50 bits per heavy atom. The van der Waals surface area contributed by atoms with Crippen LogP contribution in [0.25, 0.3) is 0 Å². The highest BCUT2D eigenvalue weighted by Crippen LogP contribution is 2.10. The molecule has 0 saturated carbocycles. The van der Waals surface area contributed by atoms with Gasteiger partial charge < -0.3 is 14.4 Å². The van der Waals surface area contributed by atoms with Crippen LogP contribution >= 0.6 is 0 Å². The van der Waals surface area contributed by atoms with Crippen LogP contribution in [-0.2, 0) is 9.47 Å². The first kappa shape index (κ1) is 14.3. The lowest BCUT2D eigenvalue weighted by Crippen LogP contribution is -2.36. The Morgan fingerprint density at radius 1 is 1.33 bits per heavy atom. The Labute approximate surface area is 106 Å².